The summed E-state index contributed by atoms with van der Waals surface area (Å²) in [5.41, 5.74) is -7.85. The minimum atomic E-state index is -6.23. The fourth-order valence-corrected chi connectivity index (χ4v) is 7.71. The van der Waals surface area contributed by atoms with Crippen LogP contribution >= 0.6 is 0 Å². The van der Waals surface area contributed by atoms with Crippen molar-refractivity contribution < 1.29 is 57.5 Å². The first kappa shape index (κ1) is 35.7. The molecule has 1 fully saturated rings. The van der Waals surface area contributed by atoms with Gasteiger partial charge in [-0.2, -0.15) is 26.3 Å². The average molecular weight is 718 g/mol. The SMILES string of the molecule is O=C(Nc1ccncc1)N1CCC(c2ccc(C(OCc3c(F)cccc3F)(C(F)(F)F)C(F)(F)F)cc2)(S(=O)(=O)c2ccc(F)cc2)C1. The molecule has 0 spiro atoms. The molecule has 1 aliphatic heterocycles. The highest BCUT2D eigenvalue weighted by Crippen LogP contribution is 2.54. The van der Waals surface area contributed by atoms with E-state index < -0.39 is 85.2 Å². The van der Waals surface area contributed by atoms with Gasteiger partial charge in [-0.15, -0.1) is 0 Å². The maximum atomic E-state index is 14.5. The van der Waals surface area contributed by atoms with Gasteiger partial charge >= 0.3 is 18.4 Å². The van der Waals surface area contributed by atoms with Crippen LogP contribution < -0.4 is 5.32 Å². The molecule has 0 saturated carbocycles. The number of nitrogens with zero attached hydrogens (tertiary/aromatic N) is 2. The molecule has 1 aromatic heterocycles. The van der Waals surface area contributed by atoms with E-state index in [1.807, 2.05) is 0 Å². The number of rotatable bonds is 8. The number of benzene rings is 3. The summed E-state index contributed by atoms with van der Waals surface area (Å²) < 4.78 is 160. The molecular weight excluding hydrogens is 693 g/mol. The lowest BCUT2D eigenvalue weighted by Crippen LogP contribution is -2.56. The number of ether oxygens (including phenoxy) is 1. The number of aromatic nitrogens is 1. The molecule has 1 atom stereocenters. The minimum Gasteiger partial charge on any atom is -0.349 e. The van der Waals surface area contributed by atoms with E-state index in [1.54, 1.807) is 0 Å². The topological polar surface area (TPSA) is 88.6 Å². The van der Waals surface area contributed by atoms with Crippen LogP contribution in [0.3, 0.4) is 0 Å². The first-order chi connectivity index (χ1) is 22.9. The molecule has 1 aliphatic rings. The van der Waals surface area contributed by atoms with E-state index in [9.17, 15) is 52.7 Å². The third-order valence-electron chi connectivity index (χ3n) is 8.20. The summed E-state index contributed by atoms with van der Waals surface area (Å²) in [5.74, 6) is -3.67. The number of pyridine rings is 1. The number of alkyl halides is 6. The van der Waals surface area contributed by atoms with Crippen molar-refractivity contribution in [1.82, 2.24) is 9.88 Å². The second-order valence-corrected chi connectivity index (χ2v) is 13.3. The Morgan fingerprint density at radius 1 is 0.837 bits per heavy atom. The number of hydrogen-bond donors (Lipinski definition) is 1. The number of nitrogens with one attached hydrogen (secondary N) is 1. The van der Waals surface area contributed by atoms with Gasteiger partial charge in [0.15, 0.2) is 9.84 Å². The summed E-state index contributed by atoms with van der Waals surface area (Å²) in [4.78, 5) is 17.6. The van der Waals surface area contributed by atoms with Crippen LogP contribution in [0.5, 0.6) is 0 Å². The highest BCUT2D eigenvalue weighted by atomic mass is 32.2. The molecule has 4 aromatic rings. The zero-order chi connectivity index (χ0) is 35.8. The van der Waals surface area contributed by atoms with Crippen molar-refractivity contribution in [3.05, 3.63) is 125 Å². The first-order valence-corrected chi connectivity index (χ1v) is 15.7. The second-order valence-electron chi connectivity index (χ2n) is 11.0. The molecule has 2 heterocycles. The summed E-state index contributed by atoms with van der Waals surface area (Å²) in [6.07, 6.45) is -10.1. The van der Waals surface area contributed by atoms with Gasteiger partial charge in [-0.25, -0.2) is 26.4 Å². The number of carbonyl (C=O) groups is 1. The molecule has 0 aliphatic carbocycles. The highest BCUT2D eigenvalue weighted by Gasteiger charge is 2.73. The van der Waals surface area contributed by atoms with Crippen LogP contribution in [0.4, 0.5) is 50.0 Å². The van der Waals surface area contributed by atoms with Crippen molar-refractivity contribution >= 4 is 21.6 Å². The summed E-state index contributed by atoms with van der Waals surface area (Å²) in [6, 6.07) is 9.99. The molecule has 0 bridgehead atoms. The molecule has 7 nitrogen and oxygen atoms in total. The summed E-state index contributed by atoms with van der Waals surface area (Å²) in [6.45, 7) is -2.59. The summed E-state index contributed by atoms with van der Waals surface area (Å²) in [7, 11) is -4.63. The van der Waals surface area contributed by atoms with E-state index >= 15 is 0 Å². The minimum absolute atomic E-state index is 0.217. The van der Waals surface area contributed by atoms with Gasteiger partial charge in [0.2, 0.25) is 0 Å². The lowest BCUT2D eigenvalue weighted by atomic mass is 9.88. The second kappa shape index (κ2) is 13.0. The molecule has 260 valence electrons. The van der Waals surface area contributed by atoms with E-state index in [4.69, 9.17) is 0 Å². The van der Waals surface area contributed by atoms with Gasteiger partial charge in [0.25, 0.3) is 5.60 Å². The van der Waals surface area contributed by atoms with Crippen LogP contribution in [-0.2, 0) is 31.5 Å². The Kier molecular flexibility index (Phi) is 9.46. The van der Waals surface area contributed by atoms with Crippen LogP contribution in [0.25, 0.3) is 0 Å². The normalized spacial score (nSPS) is 17.3. The maximum absolute atomic E-state index is 14.5. The van der Waals surface area contributed by atoms with Gasteiger partial charge in [0.05, 0.1) is 11.5 Å². The van der Waals surface area contributed by atoms with Crippen molar-refractivity contribution in [2.45, 2.75) is 40.6 Å². The Morgan fingerprint density at radius 3 is 1.96 bits per heavy atom. The number of likely N-dealkylation sites (tertiary alicyclic amines) is 1. The van der Waals surface area contributed by atoms with E-state index in [1.165, 1.54) is 24.5 Å². The quantitative estimate of drug-likeness (QED) is 0.150. The number of amides is 2. The number of halogens is 9. The van der Waals surface area contributed by atoms with Crippen LogP contribution in [0.1, 0.15) is 23.1 Å². The number of carbonyl (C=O) groups excluding carboxylic acids is 1. The molecule has 5 rings (SSSR count). The van der Waals surface area contributed by atoms with Crippen LogP contribution in [-0.4, -0.2) is 49.8 Å². The van der Waals surface area contributed by atoms with Crippen molar-refractivity contribution in [3.63, 3.8) is 0 Å². The molecule has 3 aromatic carbocycles. The number of urea groups is 1. The molecular formula is C32H24F9N3O4S. The van der Waals surface area contributed by atoms with Crippen LogP contribution in [0.15, 0.2) is 96.2 Å². The smallest absolute Gasteiger partial charge is 0.349 e. The number of sulfone groups is 1. The average Bonchev–Trinajstić information content (AvgIpc) is 3.50. The molecule has 0 radical (unpaired) electrons. The van der Waals surface area contributed by atoms with Crippen molar-refractivity contribution in [2.75, 3.05) is 18.4 Å². The standard InChI is InChI=1S/C32H24F9N3O4S/c33-22-8-10-24(11-9-22)49(46,47)29(14-17-44(19-29)28(45)43-23-12-15-42-16-13-23)20-4-6-21(7-5-20)30(31(36,37)38,32(39,40)41)48-18-25-26(34)2-1-3-27(25)35/h1-13,15-16H,14,17-19H2,(H,42,43,45). The molecule has 17 heteroatoms. The Balaban J connectivity index is 1.59. The van der Waals surface area contributed by atoms with E-state index in [0.717, 1.165) is 47.4 Å². The van der Waals surface area contributed by atoms with Crippen LogP contribution in [0.2, 0.25) is 0 Å². The van der Waals surface area contributed by atoms with Crippen molar-refractivity contribution in [1.29, 1.82) is 0 Å². The fourth-order valence-electron chi connectivity index (χ4n) is 5.64. The van der Waals surface area contributed by atoms with E-state index in [0.29, 0.717) is 30.0 Å². The lowest BCUT2D eigenvalue weighted by Gasteiger charge is -2.38. The molecule has 1 N–H and O–H groups in total. The number of anilines is 1. The monoisotopic (exact) mass is 717 g/mol. The Labute approximate surface area is 273 Å². The largest absolute Gasteiger partial charge is 0.430 e. The fraction of sp³-hybridized carbons (Fsp3) is 0.250. The molecule has 1 saturated heterocycles. The zero-order valence-corrected chi connectivity index (χ0v) is 25.6. The van der Waals surface area contributed by atoms with Crippen molar-refractivity contribution in [2.24, 2.45) is 0 Å². The Morgan fingerprint density at radius 2 is 1.41 bits per heavy atom. The van der Waals surface area contributed by atoms with Gasteiger partial charge in [0, 0.05) is 42.3 Å². The predicted octanol–water partition coefficient (Wildman–Crippen LogP) is 7.64. The third-order valence-corrected chi connectivity index (χ3v) is 10.7. The van der Waals surface area contributed by atoms with E-state index in [-0.39, 0.29) is 18.5 Å². The molecule has 1 unspecified atom stereocenters. The number of hydrogen-bond acceptors (Lipinski definition) is 5. The maximum Gasteiger partial charge on any atom is 0.430 e. The Hall–Kier alpha value is -4.64. The predicted molar refractivity (Wildman–Crippen MR) is 156 cm³/mol. The summed E-state index contributed by atoms with van der Waals surface area (Å²) in [5, 5.41) is 2.55. The third kappa shape index (κ3) is 6.44. The zero-order valence-electron chi connectivity index (χ0n) is 24.8. The molecule has 2 amide bonds. The van der Waals surface area contributed by atoms with Gasteiger partial charge < -0.3 is 15.0 Å². The van der Waals surface area contributed by atoms with Gasteiger partial charge in [-0.1, -0.05) is 30.3 Å². The lowest BCUT2D eigenvalue weighted by molar-refractivity contribution is -0.392. The Bertz CT molecular complexity index is 1890. The van der Waals surface area contributed by atoms with Gasteiger partial charge in [0.1, 0.15) is 22.2 Å². The van der Waals surface area contributed by atoms with Gasteiger partial charge in [-0.05, 0) is 60.5 Å². The summed E-state index contributed by atoms with van der Waals surface area (Å²) >= 11 is 0. The first-order valence-electron chi connectivity index (χ1n) is 14.2. The molecule has 49 heavy (non-hydrogen) atoms. The van der Waals surface area contributed by atoms with Crippen molar-refractivity contribution in [3.8, 4) is 0 Å². The highest BCUT2D eigenvalue weighted by molar-refractivity contribution is 7.92. The van der Waals surface area contributed by atoms with E-state index in [2.05, 4.69) is 15.0 Å². The van der Waals surface area contributed by atoms with Gasteiger partial charge in [-0.3, -0.25) is 4.98 Å². The van der Waals surface area contributed by atoms with Crippen LogP contribution in [0, 0.1) is 17.5 Å².